The maximum Gasteiger partial charge on any atom is 0.200 e. The smallest absolute Gasteiger partial charge is 0.200 e. The van der Waals surface area contributed by atoms with E-state index in [0.29, 0.717) is 17.9 Å². The van der Waals surface area contributed by atoms with E-state index in [0.717, 1.165) is 6.42 Å². The van der Waals surface area contributed by atoms with Gasteiger partial charge in [-0.15, -0.1) is 14.8 Å². The summed E-state index contributed by atoms with van der Waals surface area (Å²) in [6.45, 7) is 2.22. The minimum atomic E-state index is 0.165. The molecule has 0 spiro atoms. The predicted octanol–water partition coefficient (Wildman–Crippen LogP) is 0.0922. The monoisotopic (exact) mass is 222 g/mol. The molecular weight excluding hydrogens is 208 g/mol. The minimum absolute atomic E-state index is 0.165. The van der Waals surface area contributed by atoms with Gasteiger partial charge < -0.3 is 10.4 Å². The second kappa shape index (κ2) is 4.84. The van der Waals surface area contributed by atoms with Gasteiger partial charge >= 0.3 is 0 Å². The van der Waals surface area contributed by atoms with Crippen LogP contribution in [0.3, 0.4) is 0 Å². The molecule has 7 heteroatoms. The molecule has 1 atom stereocenters. The summed E-state index contributed by atoms with van der Waals surface area (Å²) in [6.07, 6.45) is 1.63. The Kier molecular flexibility index (Phi) is 3.25. The Labute approximate surface area is 92.5 Å². The molecule has 0 aliphatic heterocycles. The van der Waals surface area contributed by atoms with Gasteiger partial charge in [0.25, 0.3) is 0 Å². The minimum Gasteiger partial charge on any atom is -0.396 e. The van der Waals surface area contributed by atoms with E-state index in [9.17, 15) is 0 Å². The highest BCUT2D eigenvalue weighted by molar-refractivity contribution is 5.42. The van der Waals surface area contributed by atoms with Crippen LogP contribution >= 0.6 is 0 Å². The highest BCUT2D eigenvalue weighted by atomic mass is 16.3. The van der Waals surface area contributed by atoms with Crippen LogP contribution in [0.15, 0.2) is 12.1 Å². The molecule has 0 bridgehead atoms. The zero-order chi connectivity index (χ0) is 11.4. The molecule has 2 aromatic heterocycles. The summed E-state index contributed by atoms with van der Waals surface area (Å²) < 4.78 is 1.37. The lowest BCUT2D eigenvalue weighted by Crippen LogP contribution is -2.21. The van der Waals surface area contributed by atoms with Crippen molar-refractivity contribution < 1.29 is 5.11 Å². The van der Waals surface area contributed by atoms with E-state index in [2.05, 4.69) is 32.9 Å². The van der Waals surface area contributed by atoms with Crippen LogP contribution in [-0.4, -0.2) is 43.0 Å². The van der Waals surface area contributed by atoms with Gasteiger partial charge in [-0.1, -0.05) is 6.92 Å². The second-order valence-electron chi connectivity index (χ2n) is 3.51. The largest absolute Gasteiger partial charge is 0.396 e. The molecule has 2 rings (SSSR count). The summed E-state index contributed by atoms with van der Waals surface area (Å²) in [4.78, 5) is 0. The third-order valence-electron chi connectivity index (χ3n) is 2.39. The van der Waals surface area contributed by atoms with Crippen molar-refractivity contribution in [1.82, 2.24) is 25.3 Å². The van der Waals surface area contributed by atoms with E-state index in [1.807, 2.05) is 6.07 Å². The number of hydrogen-bond acceptors (Lipinski definition) is 6. The Morgan fingerprint density at radius 1 is 1.50 bits per heavy atom. The van der Waals surface area contributed by atoms with E-state index < -0.39 is 0 Å². The molecule has 16 heavy (non-hydrogen) atoms. The number of tetrazole rings is 1. The van der Waals surface area contributed by atoms with Crippen molar-refractivity contribution in [1.29, 1.82) is 0 Å². The van der Waals surface area contributed by atoms with Gasteiger partial charge in [0.05, 0.1) is 0 Å². The number of aliphatic hydroxyl groups is 1. The topological polar surface area (TPSA) is 88.2 Å². The van der Waals surface area contributed by atoms with Crippen molar-refractivity contribution in [3.63, 3.8) is 0 Å². The quantitative estimate of drug-likeness (QED) is 0.745. The SMILES string of the molecule is CCC(CCO)Nc1ccc2nnnn2n1. The van der Waals surface area contributed by atoms with Crippen LogP contribution in [-0.2, 0) is 0 Å². The number of nitrogens with zero attached hydrogens (tertiary/aromatic N) is 5. The predicted molar refractivity (Wildman–Crippen MR) is 58.0 cm³/mol. The van der Waals surface area contributed by atoms with Crippen LogP contribution in [0.4, 0.5) is 5.82 Å². The number of nitrogens with one attached hydrogen (secondary N) is 1. The zero-order valence-corrected chi connectivity index (χ0v) is 9.04. The lowest BCUT2D eigenvalue weighted by molar-refractivity contribution is 0.278. The first kappa shape index (κ1) is 10.7. The van der Waals surface area contributed by atoms with E-state index >= 15 is 0 Å². The molecular formula is C9H14N6O. The Morgan fingerprint density at radius 2 is 2.38 bits per heavy atom. The van der Waals surface area contributed by atoms with Crippen molar-refractivity contribution in [3.8, 4) is 0 Å². The van der Waals surface area contributed by atoms with Gasteiger partial charge in [0.2, 0.25) is 0 Å². The molecule has 0 saturated carbocycles. The van der Waals surface area contributed by atoms with Gasteiger partial charge in [-0.3, -0.25) is 0 Å². The van der Waals surface area contributed by atoms with Crippen molar-refractivity contribution >= 4 is 11.5 Å². The Balaban J connectivity index is 2.13. The van der Waals surface area contributed by atoms with E-state index in [1.54, 1.807) is 6.07 Å². The summed E-state index contributed by atoms with van der Waals surface area (Å²) >= 11 is 0. The molecule has 0 aliphatic carbocycles. The molecule has 0 fully saturated rings. The standard InChI is InChI=1S/C9H14N6O/c1-2-7(5-6-16)10-8-3-4-9-11-13-14-15(9)12-8/h3-4,7,16H,2,5-6H2,1H3,(H,10,12). The van der Waals surface area contributed by atoms with E-state index in [1.165, 1.54) is 4.63 Å². The Hall–Kier alpha value is -1.76. The lowest BCUT2D eigenvalue weighted by Gasteiger charge is -2.15. The fourth-order valence-electron chi connectivity index (χ4n) is 1.47. The van der Waals surface area contributed by atoms with Crippen LogP contribution < -0.4 is 5.32 Å². The highest BCUT2D eigenvalue weighted by Gasteiger charge is 2.07. The van der Waals surface area contributed by atoms with Gasteiger partial charge in [0.15, 0.2) is 5.65 Å². The highest BCUT2D eigenvalue weighted by Crippen LogP contribution is 2.08. The number of hydrogen-bond donors (Lipinski definition) is 2. The third kappa shape index (κ3) is 2.25. The number of aliphatic hydroxyl groups excluding tert-OH is 1. The number of fused-ring (bicyclic) bond motifs is 1. The zero-order valence-electron chi connectivity index (χ0n) is 9.04. The van der Waals surface area contributed by atoms with Crippen molar-refractivity contribution in [3.05, 3.63) is 12.1 Å². The van der Waals surface area contributed by atoms with Crippen molar-refractivity contribution in [2.24, 2.45) is 0 Å². The van der Waals surface area contributed by atoms with E-state index in [4.69, 9.17) is 5.11 Å². The molecule has 0 saturated heterocycles. The summed E-state index contributed by atoms with van der Waals surface area (Å²) in [5.41, 5.74) is 0.612. The number of rotatable bonds is 5. The average molecular weight is 222 g/mol. The summed E-state index contributed by atoms with van der Waals surface area (Å²) in [7, 11) is 0. The third-order valence-corrected chi connectivity index (χ3v) is 2.39. The maximum absolute atomic E-state index is 8.89. The van der Waals surface area contributed by atoms with Crippen LogP contribution in [0.1, 0.15) is 19.8 Å². The molecule has 0 aromatic carbocycles. The van der Waals surface area contributed by atoms with Gasteiger partial charge in [-0.2, -0.15) is 0 Å². The summed E-state index contributed by atoms with van der Waals surface area (Å²) in [6, 6.07) is 3.83. The normalized spacial score (nSPS) is 12.9. The summed E-state index contributed by atoms with van der Waals surface area (Å²) in [5.74, 6) is 0.708. The molecule has 7 nitrogen and oxygen atoms in total. The van der Waals surface area contributed by atoms with Crippen molar-refractivity contribution in [2.45, 2.75) is 25.8 Å². The summed E-state index contributed by atoms with van der Waals surface area (Å²) in [5, 5.41) is 27.3. The first-order valence-corrected chi connectivity index (χ1v) is 5.26. The molecule has 2 aromatic rings. The fraction of sp³-hybridized carbons (Fsp3) is 0.556. The average Bonchev–Trinajstić information content (AvgIpc) is 2.75. The second-order valence-corrected chi connectivity index (χ2v) is 3.51. The molecule has 2 heterocycles. The lowest BCUT2D eigenvalue weighted by atomic mass is 10.1. The van der Waals surface area contributed by atoms with Crippen molar-refractivity contribution in [2.75, 3.05) is 11.9 Å². The molecule has 86 valence electrons. The molecule has 1 unspecified atom stereocenters. The molecule has 0 amide bonds. The van der Waals surface area contributed by atoms with E-state index in [-0.39, 0.29) is 12.6 Å². The van der Waals surface area contributed by atoms with Crippen LogP contribution in [0, 0.1) is 0 Å². The first-order chi connectivity index (χ1) is 7.83. The van der Waals surface area contributed by atoms with Crippen LogP contribution in [0.5, 0.6) is 0 Å². The Bertz CT molecular complexity index is 456. The van der Waals surface area contributed by atoms with Gasteiger partial charge in [0.1, 0.15) is 5.82 Å². The fourth-order valence-corrected chi connectivity index (χ4v) is 1.47. The molecule has 0 aliphatic rings. The number of anilines is 1. The molecule has 2 N–H and O–H groups in total. The van der Waals surface area contributed by atoms with Crippen LogP contribution in [0.2, 0.25) is 0 Å². The van der Waals surface area contributed by atoms with Crippen LogP contribution in [0.25, 0.3) is 5.65 Å². The van der Waals surface area contributed by atoms with Gasteiger partial charge in [0, 0.05) is 12.6 Å². The van der Waals surface area contributed by atoms with Gasteiger partial charge in [-0.25, -0.2) is 0 Å². The maximum atomic E-state index is 8.89. The molecule has 0 radical (unpaired) electrons. The number of aromatic nitrogens is 5. The first-order valence-electron chi connectivity index (χ1n) is 5.26. The Morgan fingerprint density at radius 3 is 3.12 bits per heavy atom. The van der Waals surface area contributed by atoms with Gasteiger partial charge in [-0.05, 0) is 35.4 Å².